The number of likely N-dealkylation sites (N-methyl/N-ethyl adjacent to an activating group) is 1. The van der Waals surface area contributed by atoms with Crippen molar-refractivity contribution >= 4 is 5.69 Å². The molecule has 2 aromatic rings. The zero-order chi connectivity index (χ0) is 12.3. The molecule has 0 aliphatic rings. The van der Waals surface area contributed by atoms with Crippen LogP contribution >= 0.6 is 0 Å². The molecule has 0 amide bonds. The summed E-state index contributed by atoms with van der Waals surface area (Å²) in [6, 6.07) is 10.2. The quantitative estimate of drug-likeness (QED) is 0.867. The fraction of sp³-hybridized carbons (Fsp3) is 0.308. The molecule has 1 aromatic carbocycles. The first-order valence-corrected chi connectivity index (χ1v) is 5.67. The smallest absolute Gasteiger partial charge is 0.0538 e. The van der Waals surface area contributed by atoms with E-state index in [1.807, 2.05) is 44.7 Å². The minimum atomic E-state index is -0.0195. The second-order valence-corrected chi connectivity index (χ2v) is 4.27. The molecule has 0 radical (unpaired) electrons. The fourth-order valence-electron chi connectivity index (χ4n) is 1.82. The molecule has 2 N–H and O–H groups in total. The van der Waals surface area contributed by atoms with Gasteiger partial charge in [-0.15, -0.1) is 0 Å². The summed E-state index contributed by atoms with van der Waals surface area (Å²) >= 11 is 0. The first kappa shape index (κ1) is 11.7. The van der Waals surface area contributed by atoms with E-state index in [2.05, 4.69) is 22.1 Å². The molecular formula is C13H18N4. The van der Waals surface area contributed by atoms with E-state index in [1.54, 1.807) is 4.68 Å². The average Bonchev–Trinajstić information content (AvgIpc) is 2.77. The van der Waals surface area contributed by atoms with Gasteiger partial charge in [0.25, 0.3) is 0 Å². The number of aromatic nitrogens is 2. The Morgan fingerprint density at radius 2 is 2.06 bits per heavy atom. The Hall–Kier alpha value is -1.81. The zero-order valence-corrected chi connectivity index (χ0v) is 10.2. The predicted molar refractivity (Wildman–Crippen MR) is 69.8 cm³/mol. The van der Waals surface area contributed by atoms with Gasteiger partial charge >= 0.3 is 0 Å². The largest absolute Gasteiger partial charge is 0.373 e. The van der Waals surface area contributed by atoms with Crippen LogP contribution in [0.4, 0.5) is 5.69 Å². The van der Waals surface area contributed by atoms with Gasteiger partial charge in [-0.25, -0.2) is 0 Å². The van der Waals surface area contributed by atoms with Crippen molar-refractivity contribution in [1.29, 1.82) is 0 Å². The van der Waals surface area contributed by atoms with E-state index in [4.69, 9.17) is 5.73 Å². The lowest BCUT2D eigenvalue weighted by Crippen LogP contribution is -2.28. The molecule has 2 rings (SSSR count). The van der Waals surface area contributed by atoms with Crippen molar-refractivity contribution in [3.8, 4) is 0 Å². The van der Waals surface area contributed by atoms with Gasteiger partial charge in [0.15, 0.2) is 0 Å². The van der Waals surface area contributed by atoms with Crippen molar-refractivity contribution in [2.24, 2.45) is 12.8 Å². The molecule has 90 valence electrons. The van der Waals surface area contributed by atoms with Gasteiger partial charge in [-0.2, -0.15) is 5.10 Å². The van der Waals surface area contributed by atoms with Crippen molar-refractivity contribution in [2.75, 3.05) is 18.5 Å². The Bertz CT molecular complexity index is 463. The summed E-state index contributed by atoms with van der Waals surface area (Å²) in [6.45, 7) is 0.774. The third-order valence-corrected chi connectivity index (χ3v) is 2.82. The molecule has 4 nitrogen and oxygen atoms in total. The molecule has 0 spiro atoms. The van der Waals surface area contributed by atoms with Crippen LogP contribution in [-0.4, -0.2) is 23.4 Å². The molecular weight excluding hydrogens is 212 g/mol. The Labute approximate surface area is 102 Å². The summed E-state index contributed by atoms with van der Waals surface area (Å²) in [5.74, 6) is 0. The monoisotopic (exact) mass is 230 g/mol. The number of hydrogen-bond acceptors (Lipinski definition) is 3. The number of aryl methyl sites for hydroxylation is 1. The molecule has 0 saturated carbocycles. The van der Waals surface area contributed by atoms with Crippen molar-refractivity contribution < 1.29 is 0 Å². The number of para-hydroxylation sites is 1. The first-order chi connectivity index (χ1) is 8.16. The van der Waals surface area contributed by atoms with E-state index >= 15 is 0 Å². The number of rotatable bonds is 4. The lowest BCUT2D eigenvalue weighted by Gasteiger charge is -2.22. The maximum absolute atomic E-state index is 6.15. The summed E-state index contributed by atoms with van der Waals surface area (Å²) in [7, 11) is 3.95. The van der Waals surface area contributed by atoms with E-state index in [1.165, 1.54) is 5.69 Å². The SMILES string of the molecule is CN(CC(N)c1cnn(C)c1)c1ccccc1. The van der Waals surface area contributed by atoms with E-state index in [0.717, 1.165) is 12.1 Å². The highest BCUT2D eigenvalue weighted by atomic mass is 15.2. The summed E-state index contributed by atoms with van der Waals surface area (Å²) in [5.41, 5.74) is 8.39. The molecule has 1 aromatic heterocycles. The topological polar surface area (TPSA) is 47.1 Å². The summed E-state index contributed by atoms with van der Waals surface area (Å²) < 4.78 is 1.78. The number of hydrogen-bond donors (Lipinski definition) is 1. The van der Waals surface area contributed by atoms with Gasteiger partial charge in [0, 0.05) is 38.1 Å². The number of benzene rings is 1. The third-order valence-electron chi connectivity index (χ3n) is 2.82. The molecule has 0 saturated heterocycles. The Balaban J connectivity index is 2.02. The standard InChI is InChI=1S/C13H18N4/c1-16(12-6-4-3-5-7-12)10-13(14)11-8-15-17(2)9-11/h3-9,13H,10,14H2,1-2H3. The highest BCUT2D eigenvalue weighted by Gasteiger charge is 2.11. The third kappa shape index (κ3) is 2.85. The Morgan fingerprint density at radius 1 is 1.35 bits per heavy atom. The molecule has 0 aliphatic carbocycles. The fourth-order valence-corrected chi connectivity index (χ4v) is 1.82. The maximum atomic E-state index is 6.15. The summed E-state index contributed by atoms with van der Waals surface area (Å²) in [6.07, 6.45) is 3.78. The van der Waals surface area contributed by atoms with Gasteiger partial charge in [0.2, 0.25) is 0 Å². The highest BCUT2D eigenvalue weighted by Crippen LogP contribution is 2.15. The highest BCUT2D eigenvalue weighted by molar-refractivity contribution is 5.45. The van der Waals surface area contributed by atoms with Crippen LogP contribution in [0.25, 0.3) is 0 Å². The van der Waals surface area contributed by atoms with E-state index in [9.17, 15) is 0 Å². The minimum absolute atomic E-state index is 0.0195. The van der Waals surface area contributed by atoms with Crippen LogP contribution in [0.15, 0.2) is 42.7 Å². The molecule has 0 fully saturated rings. The molecule has 0 aliphatic heterocycles. The lowest BCUT2D eigenvalue weighted by molar-refractivity contribution is 0.701. The van der Waals surface area contributed by atoms with Crippen LogP contribution < -0.4 is 10.6 Å². The van der Waals surface area contributed by atoms with E-state index in [0.29, 0.717) is 0 Å². The van der Waals surface area contributed by atoms with E-state index in [-0.39, 0.29) is 6.04 Å². The normalized spacial score (nSPS) is 12.4. The lowest BCUT2D eigenvalue weighted by atomic mass is 10.1. The first-order valence-electron chi connectivity index (χ1n) is 5.67. The van der Waals surface area contributed by atoms with Gasteiger partial charge in [0.05, 0.1) is 12.2 Å². The zero-order valence-electron chi connectivity index (χ0n) is 10.2. The summed E-state index contributed by atoms with van der Waals surface area (Å²) in [4.78, 5) is 2.15. The minimum Gasteiger partial charge on any atom is -0.373 e. The van der Waals surface area contributed by atoms with Crippen LogP contribution in [0.3, 0.4) is 0 Å². The van der Waals surface area contributed by atoms with Crippen LogP contribution in [-0.2, 0) is 7.05 Å². The number of nitrogens with zero attached hydrogens (tertiary/aromatic N) is 3. The second kappa shape index (κ2) is 5.01. The molecule has 4 heteroatoms. The van der Waals surface area contributed by atoms with Crippen molar-refractivity contribution in [3.05, 3.63) is 48.3 Å². The Kier molecular flexibility index (Phi) is 3.44. The summed E-state index contributed by atoms with van der Waals surface area (Å²) in [5, 5.41) is 4.14. The van der Waals surface area contributed by atoms with Crippen molar-refractivity contribution in [1.82, 2.24) is 9.78 Å². The van der Waals surface area contributed by atoms with Crippen LogP contribution in [0.5, 0.6) is 0 Å². The maximum Gasteiger partial charge on any atom is 0.0538 e. The molecule has 0 bridgehead atoms. The van der Waals surface area contributed by atoms with Gasteiger partial charge in [0.1, 0.15) is 0 Å². The van der Waals surface area contributed by atoms with Gasteiger partial charge in [-0.3, -0.25) is 4.68 Å². The van der Waals surface area contributed by atoms with Gasteiger partial charge in [-0.1, -0.05) is 18.2 Å². The van der Waals surface area contributed by atoms with Crippen LogP contribution in [0.2, 0.25) is 0 Å². The second-order valence-electron chi connectivity index (χ2n) is 4.27. The van der Waals surface area contributed by atoms with Gasteiger partial charge in [-0.05, 0) is 12.1 Å². The van der Waals surface area contributed by atoms with Crippen LogP contribution in [0, 0.1) is 0 Å². The van der Waals surface area contributed by atoms with Crippen molar-refractivity contribution in [3.63, 3.8) is 0 Å². The van der Waals surface area contributed by atoms with E-state index < -0.39 is 0 Å². The average molecular weight is 230 g/mol. The molecule has 1 heterocycles. The van der Waals surface area contributed by atoms with Gasteiger partial charge < -0.3 is 10.6 Å². The molecule has 1 atom stereocenters. The number of nitrogens with two attached hydrogens (primary N) is 1. The Morgan fingerprint density at radius 3 is 2.65 bits per heavy atom. The molecule has 17 heavy (non-hydrogen) atoms. The van der Waals surface area contributed by atoms with Crippen LogP contribution in [0.1, 0.15) is 11.6 Å². The number of anilines is 1. The predicted octanol–water partition coefficient (Wildman–Crippen LogP) is 1.56. The molecule has 1 unspecified atom stereocenters. The van der Waals surface area contributed by atoms with Crippen molar-refractivity contribution in [2.45, 2.75) is 6.04 Å².